The van der Waals surface area contributed by atoms with Gasteiger partial charge >= 0.3 is 0 Å². The lowest BCUT2D eigenvalue weighted by Crippen LogP contribution is -2.43. The Hall–Kier alpha value is -3.28. The molecule has 148 valence electrons. The van der Waals surface area contributed by atoms with Crippen molar-refractivity contribution >= 4 is 11.9 Å². The highest BCUT2D eigenvalue weighted by atomic mass is 19.1. The van der Waals surface area contributed by atoms with Crippen molar-refractivity contribution < 1.29 is 9.18 Å². The summed E-state index contributed by atoms with van der Waals surface area (Å²) in [6.45, 7) is 1.98. The van der Waals surface area contributed by atoms with Crippen LogP contribution in [-0.4, -0.2) is 29.0 Å². The van der Waals surface area contributed by atoms with E-state index in [1.54, 1.807) is 24.5 Å². The Balaban J connectivity index is 1.37. The number of piperidine rings is 1. The zero-order valence-electron chi connectivity index (χ0n) is 16.1. The largest absolute Gasteiger partial charge is 0.352 e. The second-order valence-corrected chi connectivity index (χ2v) is 7.27. The lowest BCUT2D eigenvalue weighted by molar-refractivity contribution is -0.125. The third kappa shape index (κ3) is 4.77. The number of carbonyl (C=O) groups is 1. The number of hydrogen-bond acceptors (Lipinski definition) is 4. The van der Waals surface area contributed by atoms with Crippen LogP contribution in [-0.2, 0) is 11.3 Å². The summed E-state index contributed by atoms with van der Waals surface area (Å²) in [6.07, 6.45) is 5.28. The van der Waals surface area contributed by atoms with E-state index < -0.39 is 0 Å². The molecule has 1 aromatic heterocycles. The van der Waals surface area contributed by atoms with Gasteiger partial charge in [0, 0.05) is 37.6 Å². The Morgan fingerprint density at radius 3 is 2.48 bits per heavy atom. The number of nitrogens with zero attached hydrogens (tertiary/aromatic N) is 3. The molecule has 2 aromatic carbocycles. The van der Waals surface area contributed by atoms with Crippen LogP contribution in [0.25, 0.3) is 11.1 Å². The van der Waals surface area contributed by atoms with Gasteiger partial charge in [0.1, 0.15) is 5.82 Å². The Labute approximate surface area is 169 Å². The van der Waals surface area contributed by atoms with Crippen molar-refractivity contribution in [2.45, 2.75) is 19.4 Å². The fourth-order valence-electron chi connectivity index (χ4n) is 3.58. The smallest absolute Gasteiger partial charge is 0.225 e. The average molecular weight is 390 g/mol. The molecular formula is C23H23FN4O. The highest BCUT2D eigenvalue weighted by molar-refractivity contribution is 5.79. The molecule has 0 saturated carbocycles. The summed E-state index contributed by atoms with van der Waals surface area (Å²) >= 11 is 0. The molecule has 0 spiro atoms. The van der Waals surface area contributed by atoms with Gasteiger partial charge in [0.05, 0.1) is 5.92 Å². The fraction of sp³-hybridized carbons (Fsp3) is 0.261. The number of carbonyl (C=O) groups excluding carboxylic acids is 1. The van der Waals surface area contributed by atoms with E-state index in [0.717, 1.165) is 36.1 Å². The summed E-state index contributed by atoms with van der Waals surface area (Å²) in [4.78, 5) is 23.6. The van der Waals surface area contributed by atoms with E-state index in [1.807, 2.05) is 30.3 Å². The quantitative estimate of drug-likeness (QED) is 0.720. The Morgan fingerprint density at radius 2 is 1.76 bits per heavy atom. The van der Waals surface area contributed by atoms with E-state index in [-0.39, 0.29) is 17.6 Å². The third-order valence-electron chi connectivity index (χ3n) is 5.20. The van der Waals surface area contributed by atoms with Gasteiger partial charge in [-0.2, -0.15) is 0 Å². The first kappa shape index (κ1) is 19.1. The van der Waals surface area contributed by atoms with Crippen LogP contribution >= 0.6 is 0 Å². The molecule has 1 aliphatic heterocycles. The van der Waals surface area contributed by atoms with E-state index in [4.69, 9.17) is 0 Å². The van der Waals surface area contributed by atoms with Gasteiger partial charge in [0.2, 0.25) is 11.9 Å². The molecule has 5 nitrogen and oxygen atoms in total. The number of nitrogens with one attached hydrogen (secondary N) is 1. The number of amides is 1. The topological polar surface area (TPSA) is 58.1 Å². The molecule has 0 bridgehead atoms. The first-order valence-electron chi connectivity index (χ1n) is 9.83. The first-order chi connectivity index (χ1) is 14.2. The third-order valence-corrected chi connectivity index (χ3v) is 5.20. The first-order valence-corrected chi connectivity index (χ1v) is 9.83. The van der Waals surface area contributed by atoms with E-state index in [2.05, 4.69) is 20.2 Å². The highest BCUT2D eigenvalue weighted by Crippen LogP contribution is 2.23. The molecule has 0 aliphatic carbocycles. The van der Waals surface area contributed by atoms with Crippen LogP contribution in [0.1, 0.15) is 18.4 Å². The average Bonchev–Trinajstić information content (AvgIpc) is 2.79. The standard InChI is InChI=1S/C23H23FN4O/c24-21-10-8-18(9-11-21)20-14-26-23(27-15-20)28-12-4-7-19(16-28)22(29)25-13-17-5-2-1-3-6-17/h1-3,5-6,8-11,14-15,19H,4,7,12-13,16H2,(H,25,29). The lowest BCUT2D eigenvalue weighted by atomic mass is 9.97. The molecular weight excluding hydrogens is 367 g/mol. The van der Waals surface area contributed by atoms with Crippen molar-refractivity contribution in [3.63, 3.8) is 0 Å². The molecule has 1 N–H and O–H groups in total. The molecule has 0 radical (unpaired) electrons. The van der Waals surface area contributed by atoms with E-state index in [1.165, 1.54) is 12.1 Å². The van der Waals surface area contributed by atoms with Gasteiger partial charge in [-0.25, -0.2) is 14.4 Å². The molecule has 6 heteroatoms. The predicted molar refractivity (Wildman–Crippen MR) is 111 cm³/mol. The number of benzene rings is 2. The van der Waals surface area contributed by atoms with Crippen LogP contribution < -0.4 is 10.2 Å². The molecule has 2 heterocycles. The van der Waals surface area contributed by atoms with Crippen molar-refractivity contribution in [3.05, 3.63) is 78.4 Å². The number of rotatable bonds is 5. The molecule has 29 heavy (non-hydrogen) atoms. The van der Waals surface area contributed by atoms with Gasteiger partial charge in [-0.05, 0) is 36.1 Å². The molecule has 1 fully saturated rings. The molecule has 1 saturated heterocycles. The van der Waals surface area contributed by atoms with Crippen LogP contribution in [0.3, 0.4) is 0 Å². The van der Waals surface area contributed by atoms with Crippen LogP contribution in [0.5, 0.6) is 0 Å². The normalized spacial score (nSPS) is 16.4. The summed E-state index contributed by atoms with van der Waals surface area (Å²) < 4.78 is 13.1. The van der Waals surface area contributed by atoms with Gasteiger partial charge in [0.25, 0.3) is 0 Å². The maximum atomic E-state index is 13.1. The van der Waals surface area contributed by atoms with Crippen molar-refractivity contribution in [1.82, 2.24) is 15.3 Å². The molecule has 1 aliphatic rings. The summed E-state index contributed by atoms with van der Waals surface area (Å²) in [7, 11) is 0. The van der Waals surface area contributed by atoms with Gasteiger partial charge in [-0.1, -0.05) is 42.5 Å². The van der Waals surface area contributed by atoms with Crippen molar-refractivity contribution in [1.29, 1.82) is 0 Å². The molecule has 1 atom stereocenters. The number of hydrogen-bond donors (Lipinski definition) is 1. The predicted octanol–water partition coefficient (Wildman–Crippen LogP) is 3.82. The number of anilines is 1. The Kier molecular flexibility index (Phi) is 5.79. The molecule has 3 aromatic rings. The second-order valence-electron chi connectivity index (χ2n) is 7.27. The Bertz CT molecular complexity index is 945. The van der Waals surface area contributed by atoms with Gasteiger partial charge in [0.15, 0.2) is 0 Å². The minimum atomic E-state index is -0.267. The van der Waals surface area contributed by atoms with E-state index in [9.17, 15) is 9.18 Å². The SMILES string of the molecule is O=C(NCc1ccccc1)C1CCCN(c2ncc(-c3ccc(F)cc3)cn2)C1. The van der Waals surface area contributed by atoms with Gasteiger partial charge < -0.3 is 10.2 Å². The summed E-state index contributed by atoms with van der Waals surface area (Å²) in [5.74, 6) is 0.349. The number of aromatic nitrogens is 2. The number of halogens is 1. The van der Waals surface area contributed by atoms with Crippen molar-refractivity contribution in [2.24, 2.45) is 5.92 Å². The molecule has 4 rings (SSSR count). The minimum Gasteiger partial charge on any atom is -0.352 e. The van der Waals surface area contributed by atoms with E-state index >= 15 is 0 Å². The molecule has 1 amide bonds. The lowest BCUT2D eigenvalue weighted by Gasteiger charge is -2.32. The fourth-order valence-corrected chi connectivity index (χ4v) is 3.58. The summed E-state index contributed by atoms with van der Waals surface area (Å²) in [5, 5.41) is 3.04. The summed E-state index contributed by atoms with van der Waals surface area (Å²) in [6, 6.07) is 16.2. The van der Waals surface area contributed by atoms with Crippen LogP contribution in [0.15, 0.2) is 67.0 Å². The zero-order chi connectivity index (χ0) is 20.1. The van der Waals surface area contributed by atoms with Crippen molar-refractivity contribution in [3.8, 4) is 11.1 Å². The summed E-state index contributed by atoms with van der Waals surface area (Å²) in [5.41, 5.74) is 2.80. The monoisotopic (exact) mass is 390 g/mol. The van der Waals surface area contributed by atoms with Crippen LogP contribution in [0, 0.1) is 11.7 Å². The second kappa shape index (κ2) is 8.82. The maximum absolute atomic E-state index is 13.1. The minimum absolute atomic E-state index is 0.0708. The Morgan fingerprint density at radius 1 is 1.03 bits per heavy atom. The van der Waals surface area contributed by atoms with Gasteiger partial charge in [-0.3, -0.25) is 4.79 Å². The maximum Gasteiger partial charge on any atom is 0.225 e. The zero-order valence-corrected chi connectivity index (χ0v) is 16.1. The van der Waals surface area contributed by atoms with E-state index in [0.29, 0.717) is 19.0 Å². The molecule has 1 unspecified atom stereocenters. The van der Waals surface area contributed by atoms with Gasteiger partial charge in [-0.15, -0.1) is 0 Å². The van der Waals surface area contributed by atoms with Crippen LogP contribution in [0.2, 0.25) is 0 Å². The highest BCUT2D eigenvalue weighted by Gasteiger charge is 2.27. The van der Waals surface area contributed by atoms with Crippen LogP contribution in [0.4, 0.5) is 10.3 Å². The van der Waals surface area contributed by atoms with Crippen molar-refractivity contribution in [2.75, 3.05) is 18.0 Å².